The Kier molecular flexibility index (Phi) is 4.59. The molecular weight excluding hydrogens is 287 g/mol. The van der Waals surface area contributed by atoms with E-state index in [-0.39, 0.29) is 6.04 Å². The van der Waals surface area contributed by atoms with Crippen LogP contribution in [0.15, 0.2) is 29.6 Å². The first kappa shape index (κ1) is 14.8. The fourth-order valence-corrected chi connectivity index (χ4v) is 2.62. The number of rotatable bonds is 5. The number of alkyl halides is 3. The fourth-order valence-electron chi connectivity index (χ4n) is 1.80. The zero-order valence-corrected chi connectivity index (χ0v) is 11.6. The van der Waals surface area contributed by atoms with Crippen molar-refractivity contribution in [2.45, 2.75) is 32.0 Å². The highest BCUT2D eigenvalue weighted by Gasteiger charge is 2.32. The molecule has 0 aliphatic carbocycles. The van der Waals surface area contributed by atoms with Crippen LogP contribution in [0.5, 0.6) is 0 Å². The quantitative estimate of drug-likeness (QED) is 0.883. The number of nitrogens with zero attached hydrogens (tertiary/aromatic N) is 2. The van der Waals surface area contributed by atoms with E-state index in [0.29, 0.717) is 5.82 Å². The molecule has 20 heavy (non-hydrogen) atoms. The van der Waals surface area contributed by atoms with Gasteiger partial charge in [-0.25, -0.2) is 0 Å². The minimum Gasteiger partial charge on any atom is -0.361 e. The average Bonchev–Trinajstić information content (AvgIpc) is 2.91. The van der Waals surface area contributed by atoms with Crippen molar-refractivity contribution in [3.8, 4) is 0 Å². The molecule has 3 nitrogen and oxygen atoms in total. The normalized spacial score (nSPS) is 13.2. The van der Waals surface area contributed by atoms with E-state index in [1.807, 2.05) is 17.5 Å². The summed E-state index contributed by atoms with van der Waals surface area (Å²) in [7, 11) is 0. The number of thiophene rings is 1. The molecule has 2 rings (SSSR count). The summed E-state index contributed by atoms with van der Waals surface area (Å²) in [6.07, 6.45) is -2.62. The second-order valence-electron chi connectivity index (χ2n) is 4.30. The SMILES string of the molecule is CCCC(Nc1ccc(C(F)(F)F)nn1)c1cccs1. The molecule has 0 spiro atoms. The molecule has 1 unspecified atom stereocenters. The largest absolute Gasteiger partial charge is 0.435 e. The Labute approximate surface area is 118 Å². The predicted molar refractivity (Wildman–Crippen MR) is 72.6 cm³/mol. The van der Waals surface area contributed by atoms with Gasteiger partial charge in [0.2, 0.25) is 0 Å². The van der Waals surface area contributed by atoms with Crippen LogP contribution in [-0.2, 0) is 6.18 Å². The lowest BCUT2D eigenvalue weighted by atomic mass is 10.1. The summed E-state index contributed by atoms with van der Waals surface area (Å²) < 4.78 is 37.2. The monoisotopic (exact) mass is 301 g/mol. The van der Waals surface area contributed by atoms with Crippen LogP contribution in [0.25, 0.3) is 0 Å². The molecule has 0 radical (unpaired) electrons. The van der Waals surface area contributed by atoms with Crippen molar-refractivity contribution >= 4 is 17.2 Å². The molecule has 0 saturated heterocycles. The van der Waals surface area contributed by atoms with E-state index < -0.39 is 11.9 Å². The molecule has 0 amide bonds. The van der Waals surface area contributed by atoms with Gasteiger partial charge in [0.15, 0.2) is 5.69 Å². The molecule has 108 valence electrons. The molecule has 0 aliphatic rings. The summed E-state index contributed by atoms with van der Waals surface area (Å²) in [4.78, 5) is 1.13. The van der Waals surface area contributed by atoms with E-state index in [4.69, 9.17) is 0 Å². The molecule has 1 N–H and O–H groups in total. The topological polar surface area (TPSA) is 37.8 Å². The molecule has 2 aromatic rings. The summed E-state index contributed by atoms with van der Waals surface area (Å²) in [5.41, 5.74) is -0.980. The molecule has 0 aromatic carbocycles. The van der Waals surface area contributed by atoms with Crippen molar-refractivity contribution < 1.29 is 13.2 Å². The van der Waals surface area contributed by atoms with Crippen molar-refractivity contribution in [1.82, 2.24) is 10.2 Å². The first-order valence-electron chi connectivity index (χ1n) is 6.21. The number of anilines is 1. The zero-order valence-electron chi connectivity index (χ0n) is 10.8. The lowest BCUT2D eigenvalue weighted by Crippen LogP contribution is -2.13. The molecule has 2 aromatic heterocycles. The molecule has 0 fully saturated rings. The van der Waals surface area contributed by atoms with E-state index in [9.17, 15) is 13.2 Å². The van der Waals surface area contributed by atoms with Gasteiger partial charge in [0.05, 0.1) is 6.04 Å². The van der Waals surface area contributed by atoms with Gasteiger partial charge < -0.3 is 5.32 Å². The lowest BCUT2D eigenvalue weighted by Gasteiger charge is -2.17. The first-order valence-corrected chi connectivity index (χ1v) is 7.09. The molecule has 7 heteroatoms. The zero-order chi connectivity index (χ0) is 14.6. The van der Waals surface area contributed by atoms with Gasteiger partial charge in [-0.3, -0.25) is 0 Å². The van der Waals surface area contributed by atoms with Gasteiger partial charge in [-0.1, -0.05) is 19.4 Å². The Hall–Kier alpha value is -1.63. The highest BCUT2D eigenvalue weighted by atomic mass is 32.1. The second-order valence-corrected chi connectivity index (χ2v) is 5.28. The van der Waals surface area contributed by atoms with E-state index in [1.54, 1.807) is 11.3 Å². The van der Waals surface area contributed by atoms with Crippen LogP contribution >= 0.6 is 11.3 Å². The molecular formula is C13H14F3N3S. The summed E-state index contributed by atoms with van der Waals surface area (Å²) in [5, 5.41) is 11.9. The summed E-state index contributed by atoms with van der Waals surface area (Å²) >= 11 is 1.61. The maximum atomic E-state index is 12.4. The molecule has 2 heterocycles. The summed E-state index contributed by atoms with van der Waals surface area (Å²) in [5.74, 6) is 0.352. The first-order chi connectivity index (χ1) is 9.50. The standard InChI is InChI=1S/C13H14F3N3S/c1-2-4-9(10-5-3-8-20-10)17-12-7-6-11(18-19-12)13(14,15)16/h3,5-9H,2,4H2,1H3,(H,17,19). The Bertz CT molecular complexity index is 523. The van der Waals surface area contributed by atoms with Gasteiger partial charge in [0.25, 0.3) is 0 Å². The maximum Gasteiger partial charge on any atom is 0.435 e. The smallest absolute Gasteiger partial charge is 0.361 e. The van der Waals surface area contributed by atoms with Gasteiger partial charge in [0.1, 0.15) is 5.82 Å². The Balaban J connectivity index is 2.11. The number of hydrogen-bond donors (Lipinski definition) is 1. The second kappa shape index (κ2) is 6.21. The van der Waals surface area contributed by atoms with Gasteiger partial charge in [-0.05, 0) is 30.0 Å². The van der Waals surface area contributed by atoms with Crippen molar-refractivity contribution in [2.24, 2.45) is 0 Å². The van der Waals surface area contributed by atoms with Crippen LogP contribution < -0.4 is 5.32 Å². The maximum absolute atomic E-state index is 12.4. The summed E-state index contributed by atoms with van der Waals surface area (Å²) in [6, 6.07) is 6.24. The molecule has 0 bridgehead atoms. The number of halogens is 3. The van der Waals surface area contributed by atoms with Crippen LogP contribution in [0.3, 0.4) is 0 Å². The third kappa shape index (κ3) is 3.69. The Morgan fingerprint density at radius 1 is 1.25 bits per heavy atom. The van der Waals surface area contributed by atoms with E-state index in [2.05, 4.69) is 22.4 Å². The molecule has 1 atom stereocenters. The van der Waals surface area contributed by atoms with Gasteiger partial charge >= 0.3 is 6.18 Å². The van der Waals surface area contributed by atoms with Crippen LogP contribution in [0.1, 0.15) is 36.4 Å². The van der Waals surface area contributed by atoms with E-state index in [0.717, 1.165) is 23.8 Å². The minimum atomic E-state index is -4.46. The van der Waals surface area contributed by atoms with Crippen LogP contribution in [0.2, 0.25) is 0 Å². The number of hydrogen-bond acceptors (Lipinski definition) is 4. The van der Waals surface area contributed by atoms with Crippen LogP contribution in [-0.4, -0.2) is 10.2 Å². The van der Waals surface area contributed by atoms with Crippen molar-refractivity contribution in [3.63, 3.8) is 0 Å². The Morgan fingerprint density at radius 2 is 2.05 bits per heavy atom. The third-order valence-electron chi connectivity index (χ3n) is 2.74. The van der Waals surface area contributed by atoms with Crippen molar-refractivity contribution in [1.29, 1.82) is 0 Å². The molecule has 0 aliphatic heterocycles. The highest BCUT2D eigenvalue weighted by Crippen LogP contribution is 2.29. The van der Waals surface area contributed by atoms with Gasteiger partial charge in [-0.2, -0.15) is 13.2 Å². The number of aromatic nitrogens is 2. The third-order valence-corrected chi connectivity index (χ3v) is 3.73. The highest BCUT2D eigenvalue weighted by molar-refractivity contribution is 7.10. The predicted octanol–water partition coefficient (Wildman–Crippen LogP) is 4.51. The fraction of sp³-hybridized carbons (Fsp3) is 0.385. The van der Waals surface area contributed by atoms with E-state index in [1.165, 1.54) is 6.07 Å². The van der Waals surface area contributed by atoms with E-state index >= 15 is 0 Å². The average molecular weight is 301 g/mol. The lowest BCUT2D eigenvalue weighted by molar-refractivity contribution is -0.141. The Morgan fingerprint density at radius 3 is 2.55 bits per heavy atom. The van der Waals surface area contributed by atoms with Crippen LogP contribution in [0.4, 0.5) is 19.0 Å². The molecule has 0 saturated carbocycles. The van der Waals surface area contributed by atoms with Crippen molar-refractivity contribution in [2.75, 3.05) is 5.32 Å². The minimum absolute atomic E-state index is 0.0473. The summed E-state index contributed by atoms with van der Waals surface area (Å²) in [6.45, 7) is 2.06. The van der Waals surface area contributed by atoms with Gasteiger partial charge in [-0.15, -0.1) is 21.5 Å². The van der Waals surface area contributed by atoms with Gasteiger partial charge in [0, 0.05) is 4.88 Å². The number of nitrogens with one attached hydrogen (secondary N) is 1. The van der Waals surface area contributed by atoms with Crippen molar-refractivity contribution in [3.05, 3.63) is 40.2 Å². The van der Waals surface area contributed by atoms with Crippen LogP contribution in [0, 0.1) is 0 Å².